The van der Waals surface area contributed by atoms with E-state index in [1.807, 2.05) is 35.9 Å². The van der Waals surface area contributed by atoms with E-state index in [9.17, 15) is 0 Å². The molecule has 0 saturated heterocycles. The van der Waals surface area contributed by atoms with Crippen LogP contribution in [0.15, 0.2) is 40.8 Å². The highest BCUT2D eigenvalue weighted by molar-refractivity contribution is 7.71. The number of hydrogen-bond donors (Lipinski definition) is 1. The Labute approximate surface area is 151 Å². The Kier molecular flexibility index (Phi) is 4.38. The Morgan fingerprint density at radius 3 is 2.84 bits per heavy atom. The van der Waals surface area contributed by atoms with Crippen LogP contribution in [0.25, 0.3) is 12.2 Å². The van der Waals surface area contributed by atoms with Crippen LogP contribution in [0.4, 0.5) is 0 Å². The van der Waals surface area contributed by atoms with Gasteiger partial charge in [-0.1, -0.05) is 24.3 Å². The normalized spacial score (nSPS) is 14.9. The second-order valence-electron chi connectivity index (χ2n) is 6.31. The van der Waals surface area contributed by atoms with Crippen molar-refractivity contribution in [2.45, 2.75) is 26.6 Å². The minimum atomic E-state index is 0.564. The van der Waals surface area contributed by atoms with E-state index in [2.05, 4.69) is 39.2 Å². The van der Waals surface area contributed by atoms with Crippen LogP contribution < -0.4 is 0 Å². The van der Waals surface area contributed by atoms with E-state index in [0.29, 0.717) is 11.4 Å². The van der Waals surface area contributed by atoms with Crippen molar-refractivity contribution in [3.8, 4) is 0 Å². The van der Waals surface area contributed by atoms with Gasteiger partial charge in [0.15, 0.2) is 0 Å². The summed E-state index contributed by atoms with van der Waals surface area (Å²) >= 11 is 5.39. The van der Waals surface area contributed by atoms with Crippen molar-refractivity contribution in [1.82, 2.24) is 19.7 Å². The van der Waals surface area contributed by atoms with Gasteiger partial charge < -0.3 is 4.42 Å². The number of rotatable bonds is 4. The molecule has 1 N–H and O–H groups in total. The second kappa shape index (κ2) is 6.82. The lowest BCUT2D eigenvalue weighted by molar-refractivity contribution is 0.188. The van der Waals surface area contributed by atoms with E-state index >= 15 is 0 Å². The zero-order chi connectivity index (χ0) is 17.2. The molecule has 6 heteroatoms. The van der Waals surface area contributed by atoms with Crippen molar-refractivity contribution in [2.75, 3.05) is 6.54 Å². The highest BCUT2D eigenvalue weighted by atomic mass is 32.1. The number of H-pyrrole nitrogens is 1. The van der Waals surface area contributed by atoms with Gasteiger partial charge >= 0.3 is 0 Å². The highest BCUT2D eigenvalue weighted by Crippen LogP contribution is 2.19. The molecule has 0 unspecified atom stereocenters. The van der Waals surface area contributed by atoms with Crippen molar-refractivity contribution in [3.63, 3.8) is 0 Å². The first-order chi connectivity index (χ1) is 12.2. The molecule has 0 amide bonds. The fourth-order valence-electron chi connectivity index (χ4n) is 3.12. The van der Waals surface area contributed by atoms with Gasteiger partial charge in [-0.15, -0.1) is 0 Å². The monoisotopic (exact) mass is 352 g/mol. The van der Waals surface area contributed by atoms with E-state index in [0.717, 1.165) is 36.9 Å². The van der Waals surface area contributed by atoms with Crippen molar-refractivity contribution in [1.29, 1.82) is 0 Å². The van der Waals surface area contributed by atoms with Gasteiger partial charge in [0.2, 0.25) is 4.77 Å². The maximum Gasteiger partial charge on any atom is 0.217 e. The zero-order valence-corrected chi connectivity index (χ0v) is 14.9. The van der Waals surface area contributed by atoms with E-state index < -0.39 is 0 Å². The average molecular weight is 352 g/mol. The number of hydrogen-bond acceptors (Lipinski definition) is 4. The molecule has 25 heavy (non-hydrogen) atoms. The molecule has 0 saturated carbocycles. The molecule has 0 bridgehead atoms. The number of aromatic amines is 1. The SMILES string of the molecule is Cc1ccc(/C=C/c2nc(=S)n(CN3CCc4ccccc4C3)[nH]2)o1. The van der Waals surface area contributed by atoms with Crippen LogP contribution in [-0.4, -0.2) is 26.2 Å². The summed E-state index contributed by atoms with van der Waals surface area (Å²) < 4.78 is 8.00. The number of aromatic nitrogens is 3. The number of nitrogens with one attached hydrogen (secondary N) is 1. The van der Waals surface area contributed by atoms with Crippen LogP contribution in [0, 0.1) is 11.7 Å². The molecule has 0 aliphatic carbocycles. The third kappa shape index (κ3) is 3.65. The van der Waals surface area contributed by atoms with Crippen LogP contribution in [0.5, 0.6) is 0 Å². The van der Waals surface area contributed by atoms with Crippen LogP contribution in [0.3, 0.4) is 0 Å². The van der Waals surface area contributed by atoms with Gasteiger partial charge in [-0.2, -0.15) is 4.98 Å². The van der Waals surface area contributed by atoms with E-state index in [1.54, 1.807) is 0 Å². The summed E-state index contributed by atoms with van der Waals surface area (Å²) in [5.41, 5.74) is 2.84. The number of furan rings is 1. The first-order valence-corrected chi connectivity index (χ1v) is 8.79. The van der Waals surface area contributed by atoms with Crippen LogP contribution >= 0.6 is 12.2 Å². The fourth-order valence-corrected chi connectivity index (χ4v) is 3.33. The zero-order valence-electron chi connectivity index (χ0n) is 14.1. The van der Waals surface area contributed by atoms with Gasteiger partial charge in [-0.25, -0.2) is 4.68 Å². The first kappa shape index (κ1) is 16.1. The maximum atomic E-state index is 5.53. The van der Waals surface area contributed by atoms with E-state index in [4.69, 9.17) is 16.6 Å². The molecule has 1 aliphatic heterocycles. The third-order valence-electron chi connectivity index (χ3n) is 4.41. The largest absolute Gasteiger partial charge is 0.462 e. The fraction of sp³-hybridized carbons (Fsp3) is 0.263. The standard InChI is InChI=1S/C19H20N4OS/c1-14-6-7-17(24-14)8-9-18-20-19(25)23(21-18)13-22-11-10-15-4-2-3-5-16(15)12-22/h2-9H,10-13H2,1H3,(H,20,21,25)/b9-8+. The van der Waals surface area contributed by atoms with Gasteiger partial charge in [0.1, 0.15) is 17.3 Å². The number of fused-ring (bicyclic) bond motifs is 1. The summed E-state index contributed by atoms with van der Waals surface area (Å²) in [5, 5.41) is 3.26. The minimum absolute atomic E-state index is 0.564. The molecular weight excluding hydrogens is 332 g/mol. The molecule has 3 aromatic rings. The quantitative estimate of drug-likeness (QED) is 0.720. The Bertz CT molecular complexity index is 966. The molecule has 2 aromatic heterocycles. The lowest BCUT2D eigenvalue weighted by atomic mass is 10.0. The summed E-state index contributed by atoms with van der Waals surface area (Å²) in [4.78, 5) is 6.78. The lowest BCUT2D eigenvalue weighted by Crippen LogP contribution is -2.32. The number of nitrogens with zero attached hydrogens (tertiary/aromatic N) is 3. The maximum absolute atomic E-state index is 5.53. The van der Waals surface area contributed by atoms with Crippen molar-refractivity contribution in [3.05, 3.63) is 69.6 Å². The van der Waals surface area contributed by atoms with Crippen LogP contribution in [0.1, 0.15) is 28.5 Å². The van der Waals surface area contributed by atoms with E-state index in [1.165, 1.54) is 11.1 Å². The molecule has 0 spiro atoms. The summed E-state index contributed by atoms with van der Waals surface area (Å²) in [6.07, 6.45) is 4.85. The number of aryl methyl sites for hydroxylation is 1. The average Bonchev–Trinajstić information content (AvgIpc) is 3.19. The van der Waals surface area contributed by atoms with Crippen molar-refractivity contribution < 1.29 is 4.42 Å². The predicted octanol–water partition coefficient (Wildman–Crippen LogP) is 4.03. The van der Waals surface area contributed by atoms with Crippen LogP contribution in [0.2, 0.25) is 0 Å². The molecule has 0 fully saturated rings. The molecular formula is C19H20N4OS. The van der Waals surface area contributed by atoms with Gasteiger partial charge in [0.25, 0.3) is 0 Å². The van der Waals surface area contributed by atoms with Gasteiger partial charge in [-0.3, -0.25) is 10.00 Å². The molecule has 5 nitrogen and oxygen atoms in total. The van der Waals surface area contributed by atoms with Crippen LogP contribution in [-0.2, 0) is 19.6 Å². The lowest BCUT2D eigenvalue weighted by Gasteiger charge is -2.28. The summed E-state index contributed by atoms with van der Waals surface area (Å²) in [7, 11) is 0. The first-order valence-electron chi connectivity index (χ1n) is 8.38. The van der Waals surface area contributed by atoms with Crippen molar-refractivity contribution in [2.24, 2.45) is 0 Å². The summed E-state index contributed by atoms with van der Waals surface area (Å²) in [6, 6.07) is 12.5. The molecule has 1 aromatic carbocycles. The molecule has 128 valence electrons. The predicted molar refractivity (Wildman–Crippen MR) is 100 cm³/mol. The molecule has 4 rings (SSSR count). The summed E-state index contributed by atoms with van der Waals surface area (Å²) in [5.74, 6) is 2.43. The van der Waals surface area contributed by atoms with Gasteiger partial charge in [0.05, 0.1) is 6.67 Å². The Balaban J connectivity index is 1.46. The topological polar surface area (TPSA) is 50.0 Å². The Morgan fingerprint density at radius 2 is 2.04 bits per heavy atom. The molecule has 0 atom stereocenters. The molecule has 0 radical (unpaired) electrons. The Hall–Kier alpha value is -2.44. The van der Waals surface area contributed by atoms with E-state index in [-0.39, 0.29) is 0 Å². The minimum Gasteiger partial charge on any atom is -0.462 e. The molecule has 3 heterocycles. The number of benzene rings is 1. The van der Waals surface area contributed by atoms with Gasteiger partial charge in [-0.05, 0) is 61.0 Å². The highest BCUT2D eigenvalue weighted by Gasteiger charge is 2.16. The Morgan fingerprint density at radius 1 is 1.20 bits per heavy atom. The smallest absolute Gasteiger partial charge is 0.217 e. The molecule has 1 aliphatic rings. The second-order valence-corrected chi connectivity index (χ2v) is 6.68. The van der Waals surface area contributed by atoms with Crippen molar-refractivity contribution >= 4 is 24.4 Å². The third-order valence-corrected chi connectivity index (χ3v) is 4.73. The summed E-state index contributed by atoms with van der Waals surface area (Å²) in [6.45, 7) is 4.60. The van der Waals surface area contributed by atoms with Gasteiger partial charge in [0, 0.05) is 13.1 Å².